The third-order valence-corrected chi connectivity index (χ3v) is 2.94. The summed E-state index contributed by atoms with van der Waals surface area (Å²) in [6.07, 6.45) is 3.26. The molecule has 1 aliphatic heterocycles. The minimum Gasteiger partial charge on any atom is -0.376 e. The van der Waals surface area contributed by atoms with Crippen molar-refractivity contribution in [1.29, 1.82) is 5.26 Å². The zero-order valence-electron chi connectivity index (χ0n) is 8.76. The highest BCUT2D eigenvalue weighted by molar-refractivity contribution is 5.76. The van der Waals surface area contributed by atoms with Gasteiger partial charge in [-0.25, -0.2) is 4.98 Å². The van der Waals surface area contributed by atoms with Crippen molar-refractivity contribution in [1.82, 2.24) is 9.55 Å². The molecule has 0 bridgehead atoms. The Morgan fingerprint density at radius 2 is 2.44 bits per heavy atom. The molecule has 4 nitrogen and oxygen atoms in total. The Morgan fingerprint density at radius 1 is 1.56 bits per heavy atom. The summed E-state index contributed by atoms with van der Waals surface area (Å²) in [6.45, 7) is 1.72. The first kappa shape index (κ1) is 9.37. The highest BCUT2D eigenvalue weighted by atomic mass is 16.5. The zero-order valence-corrected chi connectivity index (χ0v) is 8.76. The van der Waals surface area contributed by atoms with Crippen LogP contribution in [0.15, 0.2) is 24.5 Å². The summed E-state index contributed by atoms with van der Waals surface area (Å²) in [7, 11) is 0. The van der Waals surface area contributed by atoms with Crippen molar-refractivity contribution < 1.29 is 4.74 Å². The van der Waals surface area contributed by atoms with Gasteiger partial charge in [0.2, 0.25) is 0 Å². The van der Waals surface area contributed by atoms with Crippen LogP contribution in [-0.4, -0.2) is 22.3 Å². The van der Waals surface area contributed by atoms with Gasteiger partial charge in [-0.3, -0.25) is 0 Å². The van der Waals surface area contributed by atoms with E-state index in [2.05, 4.69) is 15.6 Å². The Labute approximate surface area is 93.1 Å². The van der Waals surface area contributed by atoms with E-state index in [9.17, 15) is 0 Å². The summed E-state index contributed by atoms with van der Waals surface area (Å²) in [5.74, 6) is 0. The average Bonchev–Trinajstić information content (AvgIpc) is 2.65. The van der Waals surface area contributed by atoms with Gasteiger partial charge in [0.15, 0.2) is 0 Å². The lowest BCUT2D eigenvalue weighted by Gasteiger charge is -2.26. The van der Waals surface area contributed by atoms with Crippen molar-refractivity contribution in [3.8, 4) is 6.07 Å². The van der Waals surface area contributed by atoms with E-state index in [1.54, 1.807) is 0 Å². The van der Waals surface area contributed by atoms with E-state index >= 15 is 0 Å². The lowest BCUT2D eigenvalue weighted by Crippen LogP contribution is -2.30. The van der Waals surface area contributed by atoms with Crippen molar-refractivity contribution in [3.05, 3.63) is 30.1 Å². The maximum absolute atomic E-state index is 8.79. The number of benzene rings is 1. The molecule has 0 N–H and O–H groups in total. The van der Waals surface area contributed by atoms with Gasteiger partial charge in [0.1, 0.15) is 0 Å². The lowest BCUT2D eigenvalue weighted by molar-refractivity contribution is -0.0586. The van der Waals surface area contributed by atoms with Gasteiger partial charge >= 0.3 is 0 Å². The molecule has 1 saturated heterocycles. The summed E-state index contributed by atoms with van der Waals surface area (Å²) in [5.41, 5.74) is 2.59. The Morgan fingerprint density at radius 3 is 3.12 bits per heavy atom. The molecule has 3 rings (SSSR count). The van der Waals surface area contributed by atoms with Crippen LogP contribution >= 0.6 is 0 Å². The number of imidazole rings is 1. The molecule has 1 fully saturated rings. The second-order valence-corrected chi connectivity index (χ2v) is 3.99. The number of fused-ring (bicyclic) bond motifs is 1. The average molecular weight is 213 g/mol. The van der Waals surface area contributed by atoms with Crippen LogP contribution in [-0.2, 0) is 11.3 Å². The van der Waals surface area contributed by atoms with Crippen LogP contribution in [0.2, 0.25) is 0 Å². The molecule has 2 aromatic rings. The predicted octanol–water partition coefficient (Wildman–Crippen LogP) is 1.70. The van der Waals surface area contributed by atoms with E-state index in [0.717, 1.165) is 30.6 Å². The van der Waals surface area contributed by atoms with Crippen molar-refractivity contribution >= 4 is 11.0 Å². The Hall–Kier alpha value is -1.86. The smallest absolute Gasteiger partial charge is 0.0992 e. The molecule has 0 spiro atoms. The molecule has 1 aromatic carbocycles. The fourth-order valence-electron chi connectivity index (χ4n) is 1.93. The maximum Gasteiger partial charge on any atom is 0.0992 e. The van der Waals surface area contributed by atoms with E-state index in [4.69, 9.17) is 10.00 Å². The highest BCUT2D eigenvalue weighted by Gasteiger charge is 2.19. The number of aromatic nitrogens is 2. The number of hydrogen-bond donors (Lipinski definition) is 0. The summed E-state index contributed by atoms with van der Waals surface area (Å²) in [6, 6.07) is 7.70. The van der Waals surface area contributed by atoms with Crippen molar-refractivity contribution in [3.63, 3.8) is 0 Å². The van der Waals surface area contributed by atoms with E-state index in [0.29, 0.717) is 11.7 Å². The minimum atomic E-state index is 0.327. The normalized spacial score (nSPS) is 19.3. The Kier molecular flexibility index (Phi) is 2.12. The third kappa shape index (κ3) is 1.46. The number of hydrogen-bond acceptors (Lipinski definition) is 3. The fourth-order valence-corrected chi connectivity index (χ4v) is 1.93. The van der Waals surface area contributed by atoms with E-state index in [1.165, 1.54) is 0 Å². The van der Waals surface area contributed by atoms with Gasteiger partial charge in [0.25, 0.3) is 0 Å². The van der Waals surface area contributed by atoms with Gasteiger partial charge in [0.05, 0.1) is 41.6 Å². The largest absolute Gasteiger partial charge is 0.376 e. The first-order chi connectivity index (χ1) is 7.86. The number of rotatable bonds is 2. The van der Waals surface area contributed by atoms with Crippen LogP contribution in [0.5, 0.6) is 0 Å². The van der Waals surface area contributed by atoms with Gasteiger partial charge in [-0.05, 0) is 24.6 Å². The first-order valence-corrected chi connectivity index (χ1v) is 5.33. The molecular weight excluding hydrogens is 202 g/mol. The van der Waals surface area contributed by atoms with Crippen LogP contribution < -0.4 is 0 Å². The SMILES string of the molecule is N#Cc1ccc2c(c1)ncn2C[C@@H]1CCO1. The molecule has 1 atom stereocenters. The van der Waals surface area contributed by atoms with E-state index in [-0.39, 0.29) is 0 Å². The molecule has 16 heavy (non-hydrogen) atoms. The molecular formula is C12H11N3O. The van der Waals surface area contributed by atoms with Crippen molar-refractivity contribution in [2.45, 2.75) is 19.1 Å². The maximum atomic E-state index is 8.79. The fraction of sp³-hybridized carbons (Fsp3) is 0.333. The molecule has 0 unspecified atom stereocenters. The molecule has 80 valence electrons. The van der Waals surface area contributed by atoms with Crippen molar-refractivity contribution in [2.24, 2.45) is 0 Å². The zero-order chi connectivity index (χ0) is 11.0. The minimum absolute atomic E-state index is 0.327. The third-order valence-electron chi connectivity index (χ3n) is 2.94. The molecule has 0 aliphatic carbocycles. The molecule has 0 radical (unpaired) electrons. The summed E-state index contributed by atoms with van der Waals surface area (Å²) in [4.78, 5) is 4.30. The number of ether oxygens (including phenoxy) is 1. The first-order valence-electron chi connectivity index (χ1n) is 5.33. The van der Waals surface area contributed by atoms with Crippen LogP contribution in [0, 0.1) is 11.3 Å². The highest BCUT2D eigenvalue weighted by Crippen LogP contribution is 2.18. The van der Waals surface area contributed by atoms with E-state index in [1.807, 2.05) is 24.5 Å². The van der Waals surface area contributed by atoms with Crippen LogP contribution in [0.1, 0.15) is 12.0 Å². The Balaban J connectivity index is 1.97. The quantitative estimate of drug-likeness (QED) is 0.762. The van der Waals surface area contributed by atoms with Gasteiger partial charge in [0, 0.05) is 6.61 Å². The van der Waals surface area contributed by atoms with Crippen LogP contribution in [0.25, 0.3) is 11.0 Å². The molecule has 4 heteroatoms. The molecule has 0 amide bonds. The monoisotopic (exact) mass is 213 g/mol. The number of nitriles is 1. The standard InChI is InChI=1S/C12H11N3O/c13-6-9-1-2-12-11(5-9)14-8-15(12)7-10-3-4-16-10/h1-2,5,8,10H,3-4,7H2/t10-/m0/s1. The lowest BCUT2D eigenvalue weighted by atomic mass is 10.2. The van der Waals surface area contributed by atoms with Gasteiger partial charge in [-0.2, -0.15) is 5.26 Å². The predicted molar refractivity (Wildman–Crippen MR) is 58.8 cm³/mol. The second-order valence-electron chi connectivity index (χ2n) is 3.99. The van der Waals surface area contributed by atoms with Gasteiger partial charge in [-0.1, -0.05) is 0 Å². The Bertz CT molecular complexity index is 563. The van der Waals surface area contributed by atoms with Crippen molar-refractivity contribution in [2.75, 3.05) is 6.61 Å². The van der Waals surface area contributed by atoms with Crippen LogP contribution in [0.3, 0.4) is 0 Å². The van der Waals surface area contributed by atoms with E-state index < -0.39 is 0 Å². The molecule has 0 saturated carbocycles. The van der Waals surface area contributed by atoms with Gasteiger partial charge in [-0.15, -0.1) is 0 Å². The second kappa shape index (κ2) is 3.62. The summed E-state index contributed by atoms with van der Waals surface area (Å²) < 4.78 is 7.48. The molecule has 1 aliphatic rings. The molecule has 1 aromatic heterocycles. The molecule has 2 heterocycles. The number of nitrogens with zero attached hydrogens (tertiary/aromatic N) is 3. The summed E-state index contributed by atoms with van der Waals surface area (Å²) >= 11 is 0. The van der Waals surface area contributed by atoms with Crippen LogP contribution in [0.4, 0.5) is 0 Å². The topological polar surface area (TPSA) is 50.8 Å². The van der Waals surface area contributed by atoms with Gasteiger partial charge < -0.3 is 9.30 Å². The summed E-state index contributed by atoms with van der Waals surface area (Å²) in [5, 5.41) is 8.79.